The first-order chi connectivity index (χ1) is 16.6. The topological polar surface area (TPSA) is 25.1 Å². The molecule has 0 aromatic heterocycles. The molecular weight excluding hydrogens is 416 g/mol. The summed E-state index contributed by atoms with van der Waals surface area (Å²) in [6.45, 7) is 1.97. The van der Waals surface area contributed by atoms with Crippen LogP contribution in [0.25, 0.3) is 0 Å². The van der Waals surface area contributed by atoms with Crippen molar-refractivity contribution in [3.05, 3.63) is 34.4 Å². The highest BCUT2D eigenvalue weighted by atomic mass is 16.6. The number of hydrogen-bond acceptors (Lipinski definition) is 2. The average Bonchev–Trinajstić information content (AvgIpc) is 3.69. The van der Waals surface area contributed by atoms with E-state index in [1.54, 1.807) is 11.1 Å². The van der Waals surface area contributed by atoms with Crippen LogP contribution in [-0.2, 0) is 33.1 Å². The van der Waals surface area contributed by atoms with E-state index in [9.17, 15) is 0 Å². The van der Waals surface area contributed by atoms with Crippen molar-refractivity contribution in [1.82, 2.24) is 0 Å². The maximum atomic E-state index is 5.83. The van der Waals surface area contributed by atoms with E-state index in [4.69, 9.17) is 9.47 Å². The van der Waals surface area contributed by atoms with Crippen molar-refractivity contribution in [1.29, 1.82) is 0 Å². The van der Waals surface area contributed by atoms with Gasteiger partial charge in [0.2, 0.25) is 0 Å². The van der Waals surface area contributed by atoms with Crippen LogP contribution in [0.3, 0.4) is 0 Å². The van der Waals surface area contributed by atoms with E-state index in [-0.39, 0.29) is 0 Å². The number of epoxide rings is 2. The molecule has 2 atom stereocenters. The maximum Gasteiger partial charge on any atom is 0.0850 e. The molecule has 10 fully saturated rings. The molecule has 1 aromatic rings. The van der Waals surface area contributed by atoms with Crippen LogP contribution in [0, 0.1) is 35.5 Å². The molecule has 0 amide bonds. The molecule has 2 saturated heterocycles. The van der Waals surface area contributed by atoms with E-state index in [1.807, 2.05) is 11.1 Å². The quantitative estimate of drug-likeness (QED) is 0.454. The van der Waals surface area contributed by atoms with Crippen molar-refractivity contribution in [2.45, 2.75) is 113 Å². The standard InChI is InChI=1S/C32H42O2/c1-19-2-21-3-20(1)12-31(11-19,13-21)29-10-30(32-14-22-4-23(15-32)6-24(5-22)16-32)26(9-28-18-34-28)7-25(29)8-27-17-33-27/h7,10,19-24,27-28H,1-6,8-9,11-18H2. The third-order valence-electron chi connectivity index (χ3n) is 12.2. The monoisotopic (exact) mass is 458 g/mol. The van der Waals surface area contributed by atoms with Gasteiger partial charge in [0.1, 0.15) is 0 Å². The first-order valence-electron chi connectivity index (χ1n) is 15.0. The van der Waals surface area contributed by atoms with Gasteiger partial charge in [-0.3, -0.25) is 0 Å². The van der Waals surface area contributed by atoms with E-state index in [0.29, 0.717) is 23.0 Å². The van der Waals surface area contributed by atoms with Crippen LogP contribution >= 0.6 is 0 Å². The summed E-state index contributed by atoms with van der Waals surface area (Å²) < 4.78 is 11.7. The molecule has 182 valence electrons. The van der Waals surface area contributed by atoms with E-state index in [2.05, 4.69) is 12.1 Å². The van der Waals surface area contributed by atoms with E-state index in [0.717, 1.165) is 61.6 Å². The lowest BCUT2D eigenvalue weighted by Gasteiger charge is -2.59. The average molecular weight is 459 g/mol. The van der Waals surface area contributed by atoms with Gasteiger partial charge in [-0.05, 0) is 146 Å². The van der Waals surface area contributed by atoms with Crippen molar-refractivity contribution in [2.24, 2.45) is 35.5 Å². The largest absolute Gasteiger partial charge is 0.373 e. The first-order valence-corrected chi connectivity index (χ1v) is 15.0. The SMILES string of the molecule is c1c(CC2CO2)c(C23CC4CC(CC(C4)C2)C3)cc(C23CC4CC(CC(C4)C2)C3)c1CC1CO1. The summed E-state index contributed by atoms with van der Waals surface area (Å²) in [5.41, 5.74) is 8.01. The zero-order valence-electron chi connectivity index (χ0n) is 20.9. The highest BCUT2D eigenvalue weighted by Crippen LogP contribution is 2.64. The Bertz CT molecular complexity index is 866. The second-order valence-electron chi connectivity index (χ2n) is 14.9. The van der Waals surface area contributed by atoms with Gasteiger partial charge in [-0.25, -0.2) is 0 Å². The zero-order chi connectivity index (χ0) is 22.1. The Morgan fingerprint density at radius 3 is 1.15 bits per heavy atom. The molecule has 34 heavy (non-hydrogen) atoms. The maximum absolute atomic E-state index is 5.83. The summed E-state index contributed by atoms with van der Waals surface area (Å²) >= 11 is 0. The van der Waals surface area contributed by atoms with Crippen LogP contribution in [0.5, 0.6) is 0 Å². The Morgan fingerprint density at radius 2 is 0.853 bits per heavy atom. The molecule has 0 radical (unpaired) electrons. The molecule has 2 aliphatic heterocycles. The minimum atomic E-state index is 0.489. The Balaban J connectivity index is 1.21. The van der Waals surface area contributed by atoms with Gasteiger partial charge in [-0.1, -0.05) is 12.1 Å². The number of rotatable bonds is 6. The second-order valence-corrected chi connectivity index (χ2v) is 14.9. The third kappa shape index (κ3) is 3.13. The van der Waals surface area contributed by atoms with Gasteiger partial charge >= 0.3 is 0 Å². The minimum absolute atomic E-state index is 0.489. The molecule has 2 unspecified atom stereocenters. The molecule has 8 saturated carbocycles. The normalized spacial score (nSPS) is 51.3. The van der Waals surface area contributed by atoms with E-state index in [1.165, 1.54) is 77.0 Å². The van der Waals surface area contributed by atoms with E-state index < -0.39 is 0 Å². The molecule has 8 aliphatic carbocycles. The molecular formula is C32H42O2. The van der Waals surface area contributed by atoms with Gasteiger partial charge in [0, 0.05) is 12.8 Å². The van der Waals surface area contributed by atoms with Crippen molar-refractivity contribution in [2.75, 3.05) is 13.2 Å². The summed E-state index contributed by atoms with van der Waals surface area (Å²) in [5, 5.41) is 0. The Kier molecular flexibility index (Phi) is 4.11. The van der Waals surface area contributed by atoms with Crippen molar-refractivity contribution >= 4 is 0 Å². The predicted molar refractivity (Wildman–Crippen MR) is 133 cm³/mol. The molecule has 8 bridgehead atoms. The summed E-state index contributed by atoms with van der Waals surface area (Å²) in [6.07, 6.45) is 21.5. The predicted octanol–water partition coefficient (Wildman–Crippen LogP) is 6.50. The smallest absolute Gasteiger partial charge is 0.0850 e. The molecule has 2 heterocycles. The first kappa shape index (κ1) is 20.2. The summed E-state index contributed by atoms with van der Waals surface area (Å²) in [6, 6.07) is 5.64. The van der Waals surface area contributed by atoms with Gasteiger partial charge in [-0.15, -0.1) is 0 Å². The molecule has 1 aromatic carbocycles. The van der Waals surface area contributed by atoms with Crippen LogP contribution in [-0.4, -0.2) is 25.4 Å². The van der Waals surface area contributed by atoms with E-state index >= 15 is 0 Å². The van der Waals surface area contributed by atoms with Crippen molar-refractivity contribution in [3.63, 3.8) is 0 Å². The number of benzene rings is 1. The van der Waals surface area contributed by atoms with Gasteiger partial charge in [0.05, 0.1) is 25.4 Å². The van der Waals surface area contributed by atoms with Gasteiger partial charge in [-0.2, -0.15) is 0 Å². The Labute approximate surface area is 205 Å². The Hall–Kier alpha value is -0.860. The van der Waals surface area contributed by atoms with Crippen molar-refractivity contribution < 1.29 is 9.47 Å². The van der Waals surface area contributed by atoms with Gasteiger partial charge in [0.15, 0.2) is 0 Å². The molecule has 2 nitrogen and oxygen atoms in total. The summed E-state index contributed by atoms with van der Waals surface area (Å²) in [5.74, 6) is 6.08. The van der Waals surface area contributed by atoms with Crippen LogP contribution in [0.4, 0.5) is 0 Å². The number of ether oxygens (including phenoxy) is 2. The Morgan fingerprint density at radius 1 is 0.529 bits per heavy atom. The minimum Gasteiger partial charge on any atom is -0.373 e. The van der Waals surface area contributed by atoms with Crippen LogP contribution in [0.15, 0.2) is 12.1 Å². The van der Waals surface area contributed by atoms with Gasteiger partial charge in [0.25, 0.3) is 0 Å². The second kappa shape index (κ2) is 6.91. The highest BCUT2D eigenvalue weighted by molar-refractivity contribution is 5.49. The fraction of sp³-hybridized carbons (Fsp3) is 0.812. The fourth-order valence-electron chi connectivity index (χ4n) is 11.8. The molecule has 0 N–H and O–H groups in total. The molecule has 11 rings (SSSR count). The molecule has 0 spiro atoms. The lowest BCUT2D eigenvalue weighted by atomic mass is 9.46. The fourth-order valence-corrected chi connectivity index (χ4v) is 11.8. The molecule has 2 heteroatoms. The zero-order valence-corrected chi connectivity index (χ0v) is 20.9. The van der Waals surface area contributed by atoms with Gasteiger partial charge < -0.3 is 9.47 Å². The summed E-state index contributed by atoms with van der Waals surface area (Å²) in [7, 11) is 0. The third-order valence-corrected chi connectivity index (χ3v) is 12.2. The van der Waals surface area contributed by atoms with Crippen molar-refractivity contribution in [3.8, 4) is 0 Å². The molecule has 10 aliphatic rings. The summed E-state index contributed by atoms with van der Waals surface area (Å²) in [4.78, 5) is 0. The number of hydrogen-bond donors (Lipinski definition) is 0. The highest BCUT2D eigenvalue weighted by Gasteiger charge is 2.55. The van der Waals surface area contributed by atoms with Crippen LogP contribution in [0.2, 0.25) is 0 Å². The van der Waals surface area contributed by atoms with Crippen LogP contribution in [0.1, 0.15) is 99.3 Å². The lowest BCUT2D eigenvalue weighted by Crippen LogP contribution is -2.50. The van der Waals surface area contributed by atoms with Crippen LogP contribution < -0.4 is 0 Å². The lowest BCUT2D eigenvalue weighted by molar-refractivity contribution is -0.00889.